The van der Waals surface area contributed by atoms with Crippen molar-refractivity contribution in [2.45, 2.75) is 58.4 Å². The van der Waals surface area contributed by atoms with E-state index < -0.39 is 16.1 Å². The Morgan fingerprint density at radius 3 is 2.24 bits per heavy atom. The topological polar surface area (TPSA) is 213 Å². The van der Waals surface area contributed by atoms with E-state index in [9.17, 15) is 14.9 Å². The van der Waals surface area contributed by atoms with Crippen LogP contribution in [0.2, 0.25) is 5.15 Å². The second kappa shape index (κ2) is 19.4. The third kappa shape index (κ3) is 11.9. The summed E-state index contributed by atoms with van der Waals surface area (Å²) in [6.07, 6.45) is 5.23. The van der Waals surface area contributed by atoms with E-state index in [0.29, 0.717) is 25.8 Å². The number of carbonyl (C=O) groups excluding carboxylic acids is 1. The Morgan fingerprint density at radius 2 is 1.64 bits per heavy atom. The molecule has 0 aliphatic carbocycles. The Bertz CT molecular complexity index is 1430. The normalized spacial score (nSPS) is 10.9. The molecular weight excluding hydrogens is 610 g/mol. The van der Waals surface area contributed by atoms with E-state index in [-0.39, 0.29) is 29.9 Å². The van der Waals surface area contributed by atoms with E-state index in [1.165, 1.54) is 0 Å². The lowest BCUT2D eigenvalue weighted by atomic mass is 9.98. The van der Waals surface area contributed by atoms with Crippen LogP contribution in [0.1, 0.15) is 72.9 Å². The highest BCUT2D eigenvalue weighted by Crippen LogP contribution is 2.26. The zero-order chi connectivity index (χ0) is 33.2. The number of hydrogen-bond donors (Lipinski definition) is 2. The third-order valence-electron chi connectivity index (χ3n) is 6.52. The minimum atomic E-state index is -0.875. The van der Waals surface area contributed by atoms with Gasteiger partial charge < -0.3 is 30.6 Å². The molecular formula is C29H38ClN7O8. The van der Waals surface area contributed by atoms with Crippen LogP contribution < -0.4 is 11.6 Å². The molecule has 0 aliphatic rings. The van der Waals surface area contributed by atoms with Gasteiger partial charge in [0.25, 0.3) is 10.2 Å². The first-order chi connectivity index (χ1) is 21.6. The minimum Gasteiger partial charge on any atom is -0.461 e. The van der Waals surface area contributed by atoms with Gasteiger partial charge in [0, 0.05) is 18.5 Å². The highest BCUT2D eigenvalue weighted by atomic mass is 35.5. The molecule has 45 heavy (non-hydrogen) atoms. The van der Waals surface area contributed by atoms with Crippen molar-refractivity contribution in [1.82, 2.24) is 9.55 Å². The van der Waals surface area contributed by atoms with Crippen LogP contribution in [0.25, 0.3) is 11.1 Å². The maximum absolute atomic E-state index is 13.0. The third-order valence-corrected chi connectivity index (χ3v) is 6.78. The zero-order valence-corrected chi connectivity index (χ0v) is 26.0. The SMILES string of the molecule is CCCCc1nc(Cl)c(C(=O)OCCCCCCO[N+](=O)[O-])n1Cc1ccc(-c2ccccc2/C(N)=N/N)cc1.CO[N+](=O)[O-]. The highest BCUT2D eigenvalue weighted by molar-refractivity contribution is 6.32. The number of hydrazone groups is 1. The first-order valence-electron chi connectivity index (χ1n) is 14.2. The number of rotatable bonds is 17. The van der Waals surface area contributed by atoms with Crippen LogP contribution >= 0.6 is 11.6 Å². The van der Waals surface area contributed by atoms with Gasteiger partial charge in [-0.3, -0.25) is 0 Å². The number of esters is 1. The fraction of sp³-hybridized carbons (Fsp3) is 0.414. The number of halogens is 1. The predicted octanol–water partition coefficient (Wildman–Crippen LogP) is 4.92. The molecule has 3 aromatic rings. The van der Waals surface area contributed by atoms with Gasteiger partial charge in [-0.1, -0.05) is 79.9 Å². The second-order valence-corrected chi connectivity index (χ2v) is 9.99. The molecule has 1 heterocycles. The number of nitrogens with two attached hydrogens (primary N) is 2. The van der Waals surface area contributed by atoms with Crippen LogP contribution in [0.3, 0.4) is 0 Å². The molecule has 0 saturated heterocycles. The van der Waals surface area contributed by atoms with E-state index in [1.54, 1.807) is 0 Å². The molecule has 0 unspecified atom stereocenters. The van der Waals surface area contributed by atoms with Crippen LogP contribution in [0.4, 0.5) is 0 Å². The summed E-state index contributed by atoms with van der Waals surface area (Å²) in [6, 6.07) is 15.6. The molecule has 0 aliphatic heterocycles. The van der Waals surface area contributed by atoms with Gasteiger partial charge in [0.1, 0.15) is 5.82 Å². The minimum absolute atomic E-state index is 0.0611. The number of hydrogen-bond acceptors (Lipinski definition) is 11. The van der Waals surface area contributed by atoms with Crippen molar-refractivity contribution in [1.29, 1.82) is 0 Å². The first kappa shape index (κ1) is 36.3. The fourth-order valence-corrected chi connectivity index (χ4v) is 4.56. The predicted molar refractivity (Wildman–Crippen MR) is 167 cm³/mol. The van der Waals surface area contributed by atoms with E-state index in [0.717, 1.165) is 60.9 Å². The quantitative estimate of drug-likeness (QED) is 0.0381. The number of ether oxygens (including phenoxy) is 1. The van der Waals surface area contributed by atoms with Gasteiger partial charge in [0.05, 0.1) is 20.3 Å². The highest BCUT2D eigenvalue weighted by Gasteiger charge is 2.23. The standard InChI is InChI=1S/C28H35ClN6O5.CH3NO3/c1-2-3-12-24-32-26(29)25(28(36)39-17-8-4-5-9-18-40-35(37)38)34(24)19-20-13-15-21(16-14-20)22-10-6-7-11-23(22)27(30)33-31;1-5-2(3)4/h6-7,10-11,13-16H,2-5,8-9,12,17-19,31H2,1H3,(H2,30,33);1H3. The van der Waals surface area contributed by atoms with Gasteiger partial charge in [0.2, 0.25) is 0 Å². The molecule has 2 aromatic carbocycles. The number of aryl methyl sites for hydroxylation is 1. The second-order valence-electron chi connectivity index (χ2n) is 9.63. The Labute approximate surface area is 265 Å². The van der Waals surface area contributed by atoms with Crippen LogP contribution in [0.5, 0.6) is 0 Å². The summed E-state index contributed by atoms with van der Waals surface area (Å²) in [4.78, 5) is 44.4. The molecule has 4 N–H and O–H groups in total. The lowest BCUT2D eigenvalue weighted by Gasteiger charge is -2.13. The van der Waals surface area contributed by atoms with Gasteiger partial charge >= 0.3 is 5.97 Å². The van der Waals surface area contributed by atoms with Gasteiger partial charge in [-0.25, -0.2) is 9.78 Å². The molecule has 0 fully saturated rings. The molecule has 3 rings (SSSR count). The molecule has 0 spiro atoms. The molecule has 0 bridgehead atoms. The average molecular weight is 648 g/mol. The van der Waals surface area contributed by atoms with Crippen molar-refractivity contribution in [3.8, 4) is 11.1 Å². The van der Waals surface area contributed by atoms with Crippen molar-refractivity contribution in [3.63, 3.8) is 0 Å². The van der Waals surface area contributed by atoms with Crippen molar-refractivity contribution >= 4 is 23.4 Å². The summed E-state index contributed by atoms with van der Waals surface area (Å²) in [5.41, 5.74) is 9.77. The molecule has 15 nitrogen and oxygen atoms in total. The average Bonchev–Trinajstić information content (AvgIpc) is 3.35. The number of carbonyl (C=O) groups is 1. The van der Waals surface area contributed by atoms with E-state index in [4.69, 9.17) is 38.0 Å². The lowest BCUT2D eigenvalue weighted by Crippen LogP contribution is -2.16. The van der Waals surface area contributed by atoms with Gasteiger partial charge in [-0.05, 0) is 42.4 Å². The fourth-order valence-electron chi connectivity index (χ4n) is 4.29. The summed E-state index contributed by atoms with van der Waals surface area (Å²) in [5.74, 6) is 5.85. The van der Waals surface area contributed by atoms with Gasteiger partial charge in [-0.15, -0.1) is 20.2 Å². The maximum atomic E-state index is 13.0. The summed E-state index contributed by atoms with van der Waals surface area (Å²) in [7, 11) is 1.00. The number of aromatic nitrogens is 2. The van der Waals surface area contributed by atoms with Crippen LogP contribution in [-0.4, -0.2) is 51.9 Å². The van der Waals surface area contributed by atoms with Crippen LogP contribution in [0, 0.1) is 20.2 Å². The van der Waals surface area contributed by atoms with Crippen LogP contribution in [-0.2, 0) is 27.4 Å². The number of benzene rings is 2. The van der Waals surface area contributed by atoms with Crippen molar-refractivity contribution in [2.24, 2.45) is 16.7 Å². The van der Waals surface area contributed by atoms with Gasteiger partial charge in [0.15, 0.2) is 16.7 Å². The van der Waals surface area contributed by atoms with Crippen LogP contribution in [0.15, 0.2) is 53.6 Å². The Morgan fingerprint density at radius 1 is 1.00 bits per heavy atom. The van der Waals surface area contributed by atoms with Crippen molar-refractivity contribution in [3.05, 3.63) is 96.6 Å². The van der Waals surface area contributed by atoms with E-state index in [2.05, 4.69) is 26.7 Å². The van der Waals surface area contributed by atoms with Gasteiger partial charge in [-0.2, -0.15) is 5.10 Å². The molecule has 0 atom stereocenters. The smallest absolute Gasteiger partial charge is 0.358 e. The monoisotopic (exact) mass is 647 g/mol. The molecule has 0 amide bonds. The van der Waals surface area contributed by atoms with E-state index >= 15 is 0 Å². The summed E-state index contributed by atoms with van der Waals surface area (Å²) in [5, 5.41) is 21.2. The first-order valence-corrected chi connectivity index (χ1v) is 14.6. The zero-order valence-electron chi connectivity index (χ0n) is 25.2. The summed E-state index contributed by atoms with van der Waals surface area (Å²) < 4.78 is 7.35. The molecule has 1 aromatic heterocycles. The maximum Gasteiger partial charge on any atom is 0.358 e. The number of nitrogens with zero attached hydrogens (tertiary/aromatic N) is 5. The molecule has 0 radical (unpaired) electrons. The lowest BCUT2D eigenvalue weighted by molar-refractivity contribution is -0.757. The van der Waals surface area contributed by atoms with Crippen molar-refractivity contribution < 1.29 is 29.4 Å². The molecule has 244 valence electrons. The summed E-state index contributed by atoms with van der Waals surface area (Å²) in [6.45, 7) is 2.76. The Kier molecular flexibility index (Phi) is 15.6. The number of unbranched alkanes of at least 4 members (excludes halogenated alkanes) is 4. The molecule has 16 heteroatoms. The van der Waals surface area contributed by atoms with E-state index in [1.807, 2.05) is 53.1 Å². The molecule has 0 saturated carbocycles. The Balaban J connectivity index is 0.00000130. The number of amidine groups is 1. The summed E-state index contributed by atoms with van der Waals surface area (Å²) >= 11 is 6.44. The number of imidazole rings is 1. The Hall–Kier alpha value is -4.92. The van der Waals surface area contributed by atoms with Crippen molar-refractivity contribution in [2.75, 3.05) is 20.3 Å². The largest absolute Gasteiger partial charge is 0.461 e.